The maximum Gasteiger partial charge on any atom is 0.0490 e. The van der Waals surface area contributed by atoms with Crippen molar-refractivity contribution in [3.8, 4) is 0 Å². The Kier molecular flexibility index (Phi) is 10.8. The molecule has 0 saturated heterocycles. The molecule has 1 unspecified atom stereocenters. The predicted molar refractivity (Wildman–Crippen MR) is 81.1 cm³/mol. The van der Waals surface area contributed by atoms with Gasteiger partial charge in [-0.15, -0.1) is 0 Å². The molecule has 0 aliphatic rings. The zero-order chi connectivity index (χ0) is 13.9. The third-order valence-corrected chi connectivity index (χ3v) is 3.22. The van der Waals surface area contributed by atoms with Gasteiger partial charge in [0.25, 0.3) is 0 Å². The minimum atomic E-state index is 0.407. The lowest BCUT2D eigenvalue weighted by atomic mass is 9.96. The van der Waals surface area contributed by atoms with E-state index in [1.807, 2.05) is 7.11 Å². The van der Waals surface area contributed by atoms with Crippen molar-refractivity contribution in [2.75, 3.05) is 26.8 Å². The molecule has 0 saturated carbocycles. The van der Waals surface area contributed by atoms with Gasteiger partial charge in [0, 0.05) is 13.7 Å². The first-order valence-corrected chi connectivity index (χ1v) is 7.69. The average molecular weight is 257 g/mol. The van der Waals surface area contributed by atoms with Crippen LogP contribution in [0.25, 0.3) is 0 Å². The summed E-state index contributed by atoms with van der Waals surface area (Å²) in [5.74, 6) is 0.780. The SMILES string of the molecule is CCCC(CCCCCNCC(C)(C)C)COC. The van der Waals surface area contributed by atoms with Crippen LogP contribution in [0.4, 0.5) is 0 Å². The number of unbranched alkanes of at least 4 members (excludes halogenated alkanes) is 2. The molecule has 110 valence electrons. The minimum Gasteiger partial charge on any atom is -0.384 e. The van der Waals surface area contributed by atoms with Gasteiger partial charge in [-0.3, -0.25) is 0 Å². The Morgan fingerprint density at radius 2 is 1.78 bits per heavy atom. The summed E-state index contributed by atoms with van der Waals surface area (Å²) in [5.41, 5.74) is 0.407. The molecular weight excluding hydrogens is 222 g/mol. The first-order chi connectivity index (χ1) is 8.49. The zero-order valence-electron chi connectivity index (χ0n) is 13.3. The van der Waals surface area contributed by atoms with Crippen LogP contribution in [0.2, 0.25) is 0 Å². The van der Waals surface area contributed by atoms with E-state index in [0.29, 0.717) is 5.41 Å². The van der Waals surface area contributed by atoms with Gasteiger partial charge in [0.05, 0.1) is 0 Å². The van der Waals surface area contributed by atoms with E-state index in [4.69, 9.17) is 4.74 Å². The summed E-state index contributed by atoms with van der Waals surface area (Å²) in [4.78, 5) is 0. The van der Waals surface area contributed by atoms with Gasteiger partial charge >= 0.3 is 0 Å². The molecule has 1 N–H and O–H groups in total. The summed E-state index contributed by atoms with van der Waals surface area (Å²) in [6, 6.07) is 0. The van der Waals surface area contributed by atoms with E-state index >= 15 is 0 Å². The summed E-state index contributed by atoms with van der Waals surface area (Å²) < 4.78 is 5.28. The highest BCUT2D eigenvalue weighted by molar-refractivity contribution is 4.65. The molecule has 0 radical (unpaired) electrons. The van der Waals surface area contributed by atoms with Gasteiger partial charge < -0.3 is 10.1 Å². The van der Waals surface area contributed by atoms with Crippen LogP contribution >= 0.6 is 0 Å². The van der Waals surface area contributed by atoms with Crippen molar-refractivity contribution in [3.63, 3.8) is 0 Å². The van der Waals surface area contributed by atoms with E-state index in [-0.39, 0.29) is 0 Å². The smallest absolute Gasteiger partial charge is 0.0490 e. The van der Waals surface area contributed by atoms with Crippen LogP contribution in [-0.2, 0) is 4.74 Å². The summed E-state index contributed by atoms with van der Waals surface area (Å²) in [7, 11) is 1.82. The molecule has 0 rings (SSSR count). The summed E-state index contributed by atoms with van der Waals surface area (Å²) in [6.07, 6.45) is 7.94. The minimum absolute atomic E-state index is 0.407. The fraction of sp³-hybridized carbons (Fsp3) is 1.00. The van der Waals surface area contributed by atoms with Gasteiger partial charge in [0.15, 0.2) is 0 Å². The third kappa shape index (κ3) is 12.4. The van der Waals surface area contributed by atoms with Crippen molar-refractivity contribution in [2.24, 2.45) is 11.3 Å². The van der Waals surface area contributed by atoms with Gasteiger partial charge in [-0.05, 0) is 43.7 Å². The Labute approximate surface area is 115 Å². The second-order valence-corrected chi connectivity index (χ2v) is 6.70. The molecule has 2 heteroatoms. The van der Waals surface area contributed by atoms with Crippen molar-refractivity contribution in [1.29, 1.82) is 0 Å². The van der Waals surface area contributed by atoms with E-state index in [1.165, 1.54) is 45.1 Å². The Hall–Kier alpha value is -0.0800. The molecule has 0 aromatic rings. The number of hydrogen-bond donors (Lipinski definition) is 1. The molecule has 0 aliphatic heterocycles. The fourth-order valence-corrected chi connectivity index (χ4v) is 2.28. The monoisotopic (exact) mass is 257 g/mol. The molecule has 0 heterocycles. The van der Waals surface area contributed by atoms with E-state index in [0.717, 1.165) is 19.1 Å². The lowest BCUT2D eigenvalue weighted by molar-refractivity contribution is 0.141. The van der Waals surface area contributed by atoms with Crippen molar-refractivity contribution in [2.45, 2.75) is 66.2 Å². The Morgan fingerprint density at radius 1 is 1.06 bits per heavy atom. The maximum atomic E-state index is 5.28. The number of rotatable bonds is 11. The molecule has 0 spiro atoms. The summed E-state index contributed by atoms with van der Waals surface area (Å²) in [5, 5.41) is 3.54. The molecule has 18 heavy (non-hydrogen) atoms. The normalized spacial score (nSPS) is 13.8. The van der Waals surface area contributed by atoms with Crippen LogP contribution in [0.3, 0.4) is 0 Å². The molecule has 2 nitrogen and oxygen atoms in total. The van der Waals surface area contributed by atoms with Crippen LogP contribution in [0.5, 0.6) is 0 Å². The molecule has 0 bridgehead atoms. The maximum absolute atomic E-state index is 5.28. The van der Waals surface area contributed by atoms with Crippen molar-refractivity contribution < 1.29 is 4.74 Å². The van der Waals surface area contributed by atoms with Gasteiger partial charge in [-0.1, -0.05) is 47.0 Å². The highest BCUT2D eigenvalue weighted by Gasteiger charge is 2.09. The van der Waals surface area contributed by atoms with E-state index in [1.54, 1.807) is 0 Å². The summed E-state index contributed by atoms with van der Waals surface area (Å²) in [6.45, 7) is 12.3. The largest absolute Gasteiger partial charge is 0.384 e. The van der Waals surface area contributed by atoms with Gasteiger partial charge in [-0.25, -0.2) is 0 Å². The molecule has 0 aromatic heterocycles. The molecule has 0 amide bonds. The first-order valence-electron chi connectivity index (χ1n) is 7.69. The fourth-order valence-electron chi connectivity index (χ4n) is 2.28. The average Bonchev–Trinajstić information content (AvgIpc) is 2.26. The van der Waals surface area contributed by atoms with Gasteiger partial charge in [0.1, 0.15) is 0 Å². The van der Waals surface area contributed by atoms with Crippen LogP contribution in [0, 0.1) is 11.3 Å². The second kappa shape index (κ2) is 10.8. The molecule has 0 aromatic carbocycles. The van der Waals surface area contributed by atoms with E-state index in [9.17, 15) is 0 Å². The predicted octanol–water partition coefficient (Wildman–Crippen LogP) is 4.25. The third-order valence-electron chi connectivity index (χ3n) is 3.22. The first kappa shape index (κ1) is 17.9. The van der Waals surface area contributed by atoms with Crippen molar-refractivity contribution in [3.05, 3.63) is 0 Å². The topological polar surface area (TPSA) is 21.3 Å². The van der Waals surface area contributed by atoms with Crippen LogP contribution in [0.15, 0.2) is 0 Å². The van der Waals surface area contributed by atoms with Crippen LogP contribution in [-0.4, -0.2) is 26.8 Å². The van der Waals surface area contributed by atoms with Crippen molar-refractivity contribution in [1.82, 2.24) is 5.32 Å². The molecular formula is C16H35NO. The lowest BCUT2D eigenvalue weighted by Gasteiger charge is -2.19. The second-order valence-electron chi connectivity index (χ2n) is 6.70. The van der Waals surface area contributed by atoms with Gasteiger partial charge in [-0.2, -0.15) is 0 Å². The zero-order valence-corrected chi connectivity index (χ0v) is 13.3. The number of nitrogens with one attached hydrogen (secondary N) is 1. The van der Waals surface area contributed by atoms with E-state index in [2.05, 4.69) is 33.0 Å². The molecule has 0 fully saturated rings. The quantitative estimate of drug-likeness (QED) is 0.559. The molecule has 1 atom stereocenters. The van der Waals surface area contributed by atoms with Gasteiger partial charge in [0.2, 0.25) is 0 Å². The summed E-state index contributed by atoms with van der Waals surface area (Å²) >= 11 is 0. The Bertz CT molecular complexity index is 168. The standard InChI is InChI=1S/C16H35NO/c1-6-10-15(13-18-5)11-8-7-9-12-17-14-16(2,3)4/h15,17H,6-14H2,1-5H3. The number of hydrogen-bond acceptors (Lipinski definition) is 2. The van der Waals surface area contributed by atoms with Crippen LogP contribution < -0.4 is 5.32 Å². The number of ether oxygens (including phenoxy) is 1. The Balaban J connectivity index is 3.37. The highest BCUT2D eigenvalue weighted by atomic mass is 16.5. The van der Waals surface area contributed by atoms with E-state index < -0.39 is 0 Å². The molecule has 0 aliphatic carbocycles. The Morgan fingerprint density at radius 3 is 2.33 bits per heavy atom. The lowest BCUT2D eigenvalue weighted by Crippen LogP contribution is -2.27. The highest BCUT2D eigenvalue weighted by Crippen LogP contribution is 2.16. The number of methoxy groups -OCH3 is 1. The van der Waals surface area contributed by atoms with Crippen molar-refractivity contribution >= 4 is 0 Å². The van der Waals surface area contributed by atoms with Crippen LogP contribution in [0.1, 0.15) is 66.2 Å².